The number of amides is 2. The Labute approximate surface area is 171 Å². The van der Waals surface area contributed by atoms with E-state index in [4.69, 9.17) is 0 Å². The highest BCUT2D eigenvalue weighted by molar-refractivity contribution is 6.01. The fraction of sp³-hybridized carbons (Fsp3) is 0. The zero-order chi connectivity index (χ0) is 20.3. The fourth-order valence-corrected chi connectivity index (χ4v) is 3.28. The van der Waals surface area contributed by atoms with Crippen LogP contribution in [0, 0.1) is 0 Å². The molecule has 0 radical (unpaired) electrons. The second-order valence-electron chi connectivity index (χ2n) is 6.68. The lowest BCUT2D eigenvalue weighted by Gasteiger charge is -2.08. The molecule has 2 heterocycles. The number of aromatic nitrogens is 5. The molecule has 4 N–H and O–H groups in total. The maximum absolute atomic E-state index is 12.3. The number of hydrogen-bond acceptors (Lipinski definition) is 4. The number of carbonyl (C=O) groups is 1. The largest absolute Gasteiger partial charge is 0.323 e. The van der Waals surface area contributed by atoms with Gasteiger partial charge in [0.1, 0.15) is 6.33 Å². The van der Waals surface area contributed by atoms with Crippen molar-refractivity contribution >= 4 is 28.3 Å². The third-order valence-corrected chi connectivity index (χ3v) is 4.66. The molecule has 0 unspecified atom stereocenters. The van der Waals surface area contributed by atoms with Crippen LogP contribution in [0.25, 0.3) is 33.5 Å². The Kier molecular flexibility index (Phi) is 4.41. The molecular weight excluding hydrogens is 378 g/mol. The Morgan fingerprint density at radius 3 is 2.47 bits per heavy atom. The van der Waals surface area contributed by atoms with Gasteiger partial charge in [0.05, 0.1) is 11.2 Å². The molecule has 3 aromatic carbocycles. The van der Waals surface area contributed by atoms with Gasteiger partial charge in [0.2, 0.25) is 0 Å². The van der Waals surface area contributed by atoms with Gasteiger partial charge in [-0.2, -0.15) is 10.2 Å². The van der Waals surface area contributed by atoms with E-state index in [0.717, 1.165) is 33.4 Å². The predicted octanol–water partition coefficient (Wildman–Crippen LogP) is 4.66. The molecule has 0 saturated carbocycles. The molecule has 0 aliphatic heterocycles. The molecule has 2 amide bonds. The molecule has 0 spiro atoms. The van der Waals surface area contributed by atoms with E-state index in [1.54, 1.807) is 6.33 Å². The third kappa shape index (κ3) is 3.49. The number of urea groups is 1. The van der Waals surface area contributed by atoms with E-state index in [-0.39, 0.29) is 6.03 Å². The molecule has 0 fully saturated rings. The molecule has 0 bridgehead atoms. The van der Waals surface area contributed by atoms with Gasteiger partial charge in [0.25, 0.3) is 0 Å². The number of nitrogens with one attached hydrogen (secondary N) is 4. The Bertz CT molecular complexity index is 1310. The highest BCUT2D eigenvalue weighted by Crippen LogP contribution is 2.30. The van der Waals surface area contributed by atoms with E-state index < -0.39 is 0 Å². The molecule has 2 aromatic heterocycles. The summed E-state index contributed by atoms with van der Waals surface area (Å²) in [6.07, 6.45) is 1.55. The van der Waals surface area contributed by atoms with Crippen molar-refractivity contribution in [3.8, 4) is 22.6 Å². The number of H-pyrrole nitrogens is 2. The third-order valence-electron chi connectivity index (χ3n) is 4.66. The van der Waals surface area contributed by atoms with Crippen LogP contribution >= 0.6 is 0 Å². The standard InChI is InChI=1S/C22H17N7O/c30-22(25-16-6-2-1-3-7-16)26-17-8-4-5-14(11-17)20-18-12-15(21-23-13-24-29-21)9-10-19(18)27-28-20/h1-13H,(H,27,28)(H,23,24,29)(H2,25,26,30). The number of benzene rings is 3. The summed E-state index contributed by atoms with van der Waals surface area (Å²) in [5.41, 5.74) is 4.86. The second-order valence-corrected chi connectivity index (χ2v) is 6.68. The summed E-state index contributed by atoms with van der Waals surface area (Å²) < 4.78 is 0. The van der Waals surface area contributed by atoms with Crippen LogP contribution in [0.5, 0.6) is 0 Å². The minimum atomic E-state index is -0.308. The van der Waals surface area contributed by atoms with E-state index in [9.17, 15) is 4.79 Å². The average molecular weight is 395 g/mol. The molecule has 0 aliphatic rings. The van der Waals surface area contributed by atoms with Gasteiger partial charge in [-0.1, -0.05) is 30.3 Å². The number of para-hydroxylation sites is 1. The van der Waals surface area contributed by atoms with Crippen molar-refractivity contribution in [3.05, 3.63) is 79.1 Å². The minimum absolute atomic E-state index is 0.308. The van der Waals surface area contributed by atoms with E-state index in [1.165, 1.54) is 0 Å². The van der Waals surface area contributed by atoms with Crippen molar-refractivity contribution in [1.29, 1.82) is 0 Å². The molecule has 0 saturated heterocycles. The fourth-order valence-electron chi connectivity index (χ4n) is 3.28. The van der Waals surface area contributed by atoms with Crippen LogP contribution in [0.15, 0.2) is 79.1 Å². The molecule has 5 rings (SSSR count). The number of hydrogen-bond donors (Lipinski definition) is 4. The molecule has 8 nitrogen and oxygen atoms in total. The van der Waals surface area contributed by atoms with Gasteiger partial charge in [-0.15, -0.1) is 0 Å². The number of rotatable bonds is 4. The number of anilines is 2. The van der Waals surface area contributed by atoms with Crippen molar-refractivity contribution in [2.45, 2.75) is 0 Å². The first-order valence-corrected chi connectivity index (χ1v) is 9.34. The Morgan fingerprint density at radius 1 is 0.800 bits per heavy atom. The number of nitrogens with zero attached hydrogens (tertiary/aromatic N) is 3. The van der Waals surface area contributed by atoms with Gasteiger partial charge in [0, 0.05) is 27.9 Å². The van der Waals surface area contributed by atoms with Gasteiger partial charge in [-0.05, 0) is 42.5 Å². The van der Waals surface area contributed by atoms with E-state index in [1.807, 2.05) is 72.8 Å². The first-order chi connectivity index (χ1) is 14.8. The first-order valence-electron chi connectivity index (χ1n) is 9.34. The van der Waals surface area contributed by atoms with Gasteiger partial charge < -0.3 is 10.6 Å². The topological polar surface area (TPSA) is 111 Å². The van der Waals surface area contributed by atoms with Gasteiger partial charge in [-0.3, -0.25) is 10.2 Å². The van der Waals surface area contributed by atoms with Crippen molar-refractivity contribution in [3.63, 3.8) is 0 Å². The van der Waals surface area contributed by atoms with Gasteiger partial charge in [0.15, 0.2) is 5.82 Å². The SMILES string of the molecule is O=C(Nc1ccccc1)Nc1cccc(-c2n[nH]c3ccc(-c4nc[nH]n4)cc23)c1. The molecule has 146 valence electrons. The van der Waals surface area contributed by atoms with Crippen LogP contribution < -0.4 is 10.6 Å². The van der Waals surface area contributed by atoms with Crippen LogP contribution in [-0.4, -0.2) is 31.4 Å². The molecular formula is C22H17N7O. The summed E-state index contributed by atoms with van der Waals surface area (Å²) in [5.74, 6) is 0.622. The molecule has 0 aliphatic carbocycles. The Balaban J connectivity index is 1.43. The lowest BCUT2D eigenvalue weighted by atomic mass is 10.0. The van der Waals surface area contributed by atoms with Crippen LogP contribution in [0.4, 0.5) is 16.2 Å². The van der Waals surface area contributed by atoms with E-state index >= 15 is 0 Å². The Hall–Kier alpha value is -4.46. The number of aromatic amines is 2. The zero-order valence-electron chi connectivity index (χ0n) is 15.8. The highest BCUT2D eigenvalue weighted by Gasteiger charge is 2.12. The summed E-state index contributed by atoms with van der Waals surface area (Å²) in [4.78, 5) is 16.5. The summed E-state index contributed by atoms with van der Waals surface area (Å²) in [7, 11) is 0. The lowest BCUT2D eigenvalue weighted by molar-refractivity contribution is 0.262. The number of fused-ring (bicyclic) bond motifs is 1. The van der Waals surface area contributed by atoms with Crippen LogP contribution in [-0.2, 0) is 0 Å². The van der Waals surface area contributed by atoms with Crippen molar-refractivity contribution in [2.75, 3.05) is 10.6 Å². The van der Waals surface area contributed by atoms with E-state index in [2.05, 4.69) is 36.0 Å². The summed E-state index contributed by atoms with van der Waals surface area (Å²) in [5, 5.41) is 21.0. The van der Waals surface area contributed by atoms with Crippen LogP contribution in [0.3, 0.4) is 0 Å². The normalized spacial score (nSPS) is 10.8. The zero-order valence-corrected chi connectivity index (χ0v) is 15.8. The smallest absolute Gasteiger partial charge is 0.308 e. The molecule has 30 heavy (non-hydrogen) atoms. The van der Waals surface area contributed by atoms with Gasteiger partial charge in [-0.25, -0.2) is 9.78 Å². The maximum Gasteiger partial charge on any atom is 0.323 e. The van der Waals surface area contributed by atoms with Crippen LogP contribution in [0.2, 0.25) is 0 Å². The Morgan fingerprint density at radius 2 is 1.63 bits per heavy atom. The predicted molar refractivity (Wildman–Crippen MR) is 116 cm³/mol. The average Bonchev–Trinajstić information content (AvgIpc) is 3.44. The summed E-state index contributed by atoms with van der Waals surface area (Å²) in [6, 6.07) is 22.4. The highest BCUT2D eigenvalue weighted by atomic mass is 16.2. The monoisotopic (exact) mass is 395 g/mol. The van der Waals surface area contributed by atoms with E-state index in [0.29, 0.717) is 11.5 Å². The van der Waals surface area contributed by atoms with Crippen molar-refractivity contribution < 1.29 is 4.79 Å². The molecule has 5 aromatic rings. The lowest BCUT2D eigenvalue weighted by Crippen LogP contribution is -2.19. The maximum atomic E-state index is 12.3. The van der Waals surface area contributed by atoms with Crippen LogP contribution in [0.1, 0.15) is 0 Å². The molecule has 8 heteroatoms. The van der Waals surface area contributed by atoms with Crippen molar-refractivity contribution in [2.24, 2.45) is 0 Å². The van der Waals surface area contributed by atoms with Gasteiger partial charge >= 0.3 is 6.03 Å². The summed E-state index contributed by atoms with van der Waals surface area (Å²) >= 11 is 0. The quantitative estimate of drug-likeness (QED) is 0.355. The molecule has 0 atom stereocenters. The summed E-state index contributed by atoms with van der Waals surface area (Å²) in [6.45, 7) is 0. The minimum Gasteiger partial charge on any atom is -0.308 e. The number of carbonyl (C=O) groups excluding carboxylic acids is 1. The second kappa shape index (κ2) is 7.51. The van der Waals surface area contributed by atoms with Crippen molar-refractivity contribution in [1.82, 2.24) is 25.4 Å². The first kappa shape index (κ1) is 17.6.